The molecule has 1 aromatic heterocycles. The normalized spacial score (nSPS) is 13.9. The zero-order chi connectivity index (χ0) is 20.8. The number of urea groups is 1. The van der Waals surface area contributed by atoms with E-state index in [1.807, 2.05) is 65.3 Å². The predicted octanol–water partition coefficient (Wildman–Crippen LogP) is 3.65. The van der Waals surface area contributed by atoms with Gasteiger partial charge in [0.1, 0.15) is 0 Å². The Balaban J connectivity index is 1.23. The number of H-pyrrole nitrogens is 1. The summed E-state index contributed by atoms with van der Waals surface area (Å²) in [5, 5.41) is 6.93. The number of para-hydroxylation sites is 1. The lowest BCUT2D eigenvalue weighted by molar-refractivity contribution is -0.130. The van der Waals surface area contributed by atoms with Gasteiger partial charge in [0.15, 0.2) is 0 Å². The zero-order valence-electron chi connectivity index (χ0n) is 16.8. The third-order valence-corrected chi connectivity index (χ3v) is 6.23. The molecule has 7 heteroatoms. The second kappa shape index (κ2) is 9.71. The Hall–Kier alpha value is -2.93. The minimum atomic E-state index is -0.232. The number of hydrogen-bond donors (Lipinski definition) is 3. The van der Waals surface area contributed by atoms with Gasteiger partial charge in [0.2, 0.25) is 5.91 Å². The Morgan fingerprint density at radius 1 is 1.03 bits per heavy atom. The molecule has 30 heavy (non-hydrogen) atoms. The fourth-order valence-electron chi connectivity index (χ4n) is 3.63. The third kappa shape index (κ3) is 5.16. The zero-order valence-corrected chi connectivity index (χ0v) is 17.6. The Bertz CT molecular complexity index is 1010. The molecule has 0 bridgehead atoms. The van der Waals surface area contributed by atoms with Gasteiger partial charge in [-0.1, -0.05) is 30.3 Å². The maximum atomic E-state index is 12.4. The largest absolute Gasteiger partial charge is 0.361 e. The van der Waals surface area contributed by atoms with Crippen molar-refractivity contribution in [1.29, 1.82) is 0 Å². The molecule has 156 valence electrons. The second-order valence-electron chi connectivity index (χ2n) is 7.36. The molecule has 3 amide bonds. The minimum Gasteiger partial charge on any atom is -0.361 e. The number of anilines is 1. The van der Waals surface area contributed by atoms with Crippen LogP contribution in [-0.4, -0.2) is 53.0 Å². The number of fused-ring (bicyclic) bond motifs is 1. The van der Waals surface area contributed by atoms with Gasteiger partial charge in [-0.3, -0.25) is 4.79 Å². The Labute approximate surface area is 180 Å². The number of hydrogen-bond acceptors (Lipinski definition) is 3. The lowest BCUT2D eigenvalue weighted by Gasteiger charge is -2.26. The SMILES string of the molecule is O=C(NCCc1c[nH]c2ccccc12)Nc1ccc(CC(=O)N2CCSCC2)cc1. The highest BCUT2D eigenvalue weighted by Crippen LogP contribution is 2.18. The van der Waals surface area contributed by atoms with E-state index >= 15 is 0 Å². The first-order valence-corrected chi connectivity index (χ1v) is 11.4. The Kier molecular flexibility index (Phi) is 6.59. The van der Waals surface area contributed by atoms with Crippen molar-refractivity contribution in [2.45, 2.75) is 12.8 Å². The second-order valence-corrected chi connectivity index (χ2v) is 8.58. The van der Waals surface area contributed by atoms with Crippen LogP contribution in [0, 0.1) is 0 Å². The van der Waals surface area contributed by atoms with Crippen LogP contribution >= 0.6 is 11.8 Å². The number of carbonyl (C=O) groups is 2. The van der Waals surface area contributed by atoms with Crippen molar-refractivity contribution in [2.24, 2.45) is 0 Å². The summed E-state index contributed by atoms with van der Waals surface area (Å²) in [6.45, 7) is 2.22. The number of nitrogens with one attached hydrogen (secondary N) is 3. The summed E-state index contributed by atoms with van der Waals surface area (Å²) in [4.78, 5) is 29.7. The number of benzene rings is 2. The summed E-state index contributed by atoms with van der Waals surface area (Å²) < 4.78 is 0. The molecule has 3 N–H and O–H groups in total. The topological polar surface area (TPSA) is 77.2 Å². The van der Waals surface area contributed by atoms with Crippen molar-refractivity contribution in [2.75, 3.05) is 36.5 Å². The van der Waals surface area contributed by atoms with E-state index in [4.69, 9.17) is 0 Å². The lowest BCUT2D eigenvalue weighted by Crippen LogP contribution is -2.38. The van der Waals surface area contributed by atoms with Crippen LogP contribution in [0.4, 0.5) is 10.5 Å². The van der Waals surface area contributed by atoms with Gasteiger partial charge in [-0.15, -0.1) is 0 Å². The molecule has 0 aliphatic carbocycles. The van der Waals surface area contributed by atoms with Gasteiger partial charge in [-0.2, -0.15) is 11.8 Å². The predicted molar refractivity (Wildman–Crippen MR) is 123 cm³/mol. The molecular weight excluding hydrogens is 396 g/mol. The fraction of sp³-hybridized carbons (Fsp3) is 0.304. The maximum absolute atomic E-state index is 12.4. The van der Waals surface area contributed by atoms with Crippen molar-refractivity contribution < 1.29 is 9.59 Å². The molecule has 6 nitrogen and oxygen atoms in total. The van der Waals surface area contributed by atoms with Crippen molar-refractivity contribution >= 4 is 40.3 Å². The highest BCUT2D eigenvalue weighted by Gasteiger charge is 2.16. The van der Waals surface area contributed by atoms with Crippen molar-refractivity contribution in [3.05, 3.63) is 65.9 Å². The standard InChI is InChI=1S/C23H26N4O2S/c28-22(27-11-13-30-14-12-27)15-17-5-7-19(8-6-17)26-23(29)24-10-9-18-16-25-21-4-2-1-3-20(18)21/h1-8,16,25H,9-15H2,(H2,24,26,29). The number of amides is 3. The van der Waals surface area contributed by atoms with Gasteiger partial charge in [0, 0.05) is 53.9 Å². The molecule has 1 aliphatic rings. The summed E-state index contributed by atoms with van der Waals surface area (Å²) in [6.07, 6.45) is 3.16. The first kappa shape index (κ1) is 20.3. The molecule has 3 aromatic rings. The van der Waals surface area contributed by atoms with Crippen LogP contribution in [0.2, 0.25) is 0 Å². The number of aromatic amines is 1. The number of rotatable bonds is 6. The Morgan fingerprint density at radius 3 is 2.60 bits per heavy atom. The third-order valence-electron chi connectivity index (χ3n) is 5.29. The number of thioether (sulfide) groups is 1. The van der Waals surface area contributed by atoms with Crippen molar-refractivity contribution in [3.8, 4) is 0 Å². The van der Waals surface area contributed by atoms with Crippen LogP contribution in [0.25, 0.3) is 10.9 Å². The summed E-state index contributed by atoms with van der Waals surface area (Å²) in [5.74, 6) is 2.21. The van der Waals surface area contributed by atoms with Crippen LogP contribution in [-0.2, 0) is 17.6 Å². The summed E-state index contributed by atoms with van der Waals surface area (Å²) in [7, 11) is 0. The number of nitrogens with zero attached hydrogens (tertiary/aromatic N) is 1. The average Bonchev–Trinajstić information content (AvgIpc) is 3.19. The highest BCUT2D eigenvalue weighted by atomic mass is 32.2. The van der Waals surface area contributed by atoms with Crippen LogP contribution < -0.4 is 10.6 Å². The van der Waals surface area contributed by atoms with Crippen molar-refractivity contribution in [1.82, 2.24) is 15.2 Å². The van der Waals surface area contributed by atoms with E-state index in [2.05, 4.69) is 21.7 Å². The van der Waals surface area contributed by atoms with Crippen LogP contribution in [0.3, 0.4) is 0 Å². The van der Waals surface area contributed by atoms with Gasteiger partial charge >= 0.3 is 6.03 Å². The molecule has 4 rings (SSSR count). The molecule has 0 spiro atoms. The maximum Gasteiger partial charge on any atom is 0.319 e. The highest BCUT2D eigenvalue weighted by molar-refractivity contribution is 7.99. The van der Waals surface area contributed by atoms with Crippen LogP contribution in [0.15, 0.2) is 54.7 Å². The van der Waals surface area contributed by atoms with Gasteiger partial charge in [-0.25, -0.2) is 4.79 Å². The molecule has 0 saturated carbocycles. The average molecular weight is 423 g/mol. The fourth-order valence-corrected chi connectivity index (χ4v) is 4.53. The Morgan fingerprint density at radius 2 is 1.80 bits per heavy atom. The smallest absolute Gasteiger partial charge is 0.319 e. The number of aromatic nitrogens is 1. The molecule has 0 atom stereocenters. The molecular formula is C23H26N4O2S. The molecule has 1 aliphatic heterocycles. The molecule has 1 fully saturated rings. The van der Waals surface area contributed by atoms with Gasteiger partial charge in [0.25, 0.3) is 0 Å². The molecule has 0 unspecified atom stereocenters. The van der Waals surface area contributed by atoms with E-state index in [1.54, 1.807) is 0 Å². The van der Waals surface area contributed by atoms with Gasteiger partial charge in [-0.05, 0) is 35.7 Å². The lowest BCUT2D eigenvalue weighted by atomic mass is 10.1. The first-order valence-electron chi connectivity index (χ1n) is 10.2. The quantitative estimate of drug-likeness (QED) is 0.567. The minimum absolute atomic E-state index is 0.172. The molecule has 1 saturated heterocycles. The van der Waals surface area contributed by atoms with Gasteiger partial charge in [0.05, 0.1) is 6.42 Å². The monoisotopic (exact) mass is 422 g/mol. The van der Waals surface area contributed by atoms with E-state index < -0.39 is 0 Å². The number of carbonyl (C=O) groups excluding carboxylic acids is 2. The van der Waals surface area contributed by atoms with E-state index in [-0.39, 0.29) is 11.9 Å². The summed E-state index contributed by atoms with van der Waals surface area (Å²) in [5.41, 5.74) is 3.97. The van der Waals surface area contributed by atoms with E-state index in [1.165, 1.54) is 10.9 Å². The summed E-state index contributed by atoms with van der Waals surface area (Å²) >= 11 is 1.89. The molecule has 0 radical (unpaired) electrons. The van der Waals surface area contributed by atoms with Crippen LogP contribution in [0.1, 0.15) is 11.1 Å². The van der Waals surface area contributed by atoms with E-state index in [0.717, 1.165) is 42.1 Å². The van der Waals surface area contributed by atoms with E-state index in [9.17, 15) is 9.59 Å². The molecule has 2 heterocycles. The summed E-state index contributed by atoms with van der Waals surface area (Å²) in [6, 6.07) is 15.4. The van der Waals surface area contributed by atoms with Crippen molar-refractivity contribution in [3.63, 3.8) is 0 Å². The first-order chi connectivity index (χ1) is 14.7. The molecule has 2 aromatic carbocycles. The van der Waals surface area contributed by atoms with Gasteiger partial charge < -0.3 is 20.5 Å². The van der Waals surface area contributed by atoms with Crippen LogP contribution in [0.5, 0.6) is 0 Å². The van der Waals surface area contributed by atoms with E-state index in [0.29, 0.717) is 18.7 Å².